The van der Waals surface area contributed by atoms with Crippen LogP contribution in [0.4, 0.5) is 9.59 Å². The second-order valence-corrected chi connectivity index (χ2v) is 6.24. The summed E-state index contributed by atoms with van der Waals surface area (Å²) in [6.07, 6.45) is -0.281. The van der Waals surface area contributed by atoms with Crippen molar-refractivity contribution in [2.24, 2.45) is 0 Å². The molecule has 10 heteroatoms. The van der Waals surface area contributed by atoms with E-state index < -0.39 is 29.7 Å². The van der Waals surface area contributed by atoms with Crippen LogP contribution in [0.1, 0.15) is 34.1 Å². The summed E-state index contributed by atoms with van der Waals surface area (Å²) in [5.41, 5.74) is 1.66. The van der Waals surface area contributed by atoms with Crippen molar-refractivity contribution in [2.75, 3.05) is 26.2 Å². The summed E-state index contributed by atoms with van der Waals surface area (Å²) in [5, 5.41) is 12.5. The standard InChI is InChI=1S/C14H26N4O6/c1-5-17-10(6-8-18(22)13(17)21)11(19)16-23-9-7-15-12(20)24-14(2,3)4/h10,22H,5-9H2,1-4H3,(H,15,20)(H,16,19)/t10-/m0/s1. The first-order valence-corrected chi connectivity index (χ1v) is 7.81. The minimum Gasteiger partial charge on any atom is -0.444 e. The Bertz CT molecular complexity index is 465. The van der Waals surface area contributed by atoms with Gasteiger partial charge in [-0.05, 0) is 34.1 Å². The van der Waals surface area contributed by atoms with Crippen LogP contribution in [0.5, 0.6) is 0 Å². The Kier molecular flexibility index (Phi) is 7.23. The zero-order valence-corrected chi connectivity index (χ0v) is 14.5. The number of urea groups is 1. The molecule has 1 atom stereocenters. The molecule has 10 nitrogen and oxygen atoms in total. The number of hydroxylamine groups is 3. The highest BCUT2D eigenvalue weighted by Crippen LogP contribution is 2.14. The van der Waals surface area contributed by atoms with Crippen LogP contribution in [0.25, 0.3) is 0 Å². The molecule has 0 aromatic rings. The summed E-state index contributed by atoms with van der Waals surface area (Å²) >= 11 is 0. The molecular weight excluding hydrogens is 320 g/mol. The van der Waals surface area contributed by atoms with E-state index in [0.29, 0.717) is 11.5 Å². The van der Waals surface area contributed by atoms with Crippen LogP contribution in [-0.2, 0) is 14.4 Å². The van der Waals surface area contributed by atoms with Gasteiger partial charge in [-0.3, -0.25) is 14.8 Å². The van der Waals surface area contributed by atoms with Crippen LogP contribution in [0, 0.1) is 0 Å². The number of rotatable bonds is 6. The fourth-order valence-electron chi connectivity index (χ4n) is 2.11. The summed E-state index contributed by atoms with van der Waals surface area (Å²) in [6.45, 7) is 7.53. The topological polar surface area (TPSA) is 120 Å². The number of carbonyl (C=O) groups excluding carboxylic acids is 3. The van der Waals surface area contributed by atoms with E-state index in [1.165, 1.54) is 4.90 Å². The second-order valence-electron chi connectivity index (χ2n) is 6.24. The van der Waals surface area contributed by atoms with Crippen LogP contribution in [0.15, 0.2) is 0 Å². The number of ether oxygens (including phenoxy) is 1. The Morgan fingerprint density at radius 3 is 2.62 bits per heavy atom. The van der Waals surface area contributed by atoms with Crippen LogP contribution in [-0.4, -0.2) is 71.1 Å². The highest BCUT2D eigenvalue weighted by Gasteiger charge is 2.36. The summed E-state index contributed by atoms with van der Waals surface area (Å²) < 4.78 is 5.05. The number of hydrogen-bond acceptors (Lipinski definition) is 6. The van der Waals surface area contributed by atoms with Crippen molar-refractivity contribution in [2.45, 2.75) is 45.8 Å². The molecular formula is C14H26N4O6. The molecule has 1 aliphatic heterocycles. The van der Waals surface area contributed by atoms with E-state index in [2.05, 4.69) is 10.8 Å². The third-order valence-corrected chi connectivity index (χ3v) is 3.15. The average Bonchev–Trinajstić information content (AvgIpc) is 2.47. The lowest BCUT2D eigenvalue weighted by Gasteiger charge is -2.36. The van der Waals surface area contributed by atoms with E-state index in [-0.39, 0.29) is 26.2 Å². The minimum absolute atomic E-state index is 0.0455. The highest BCUT2D eigenvalue weighted by molar-refractivity contribution is 5.87. The number of nitrogens with one attached hydrogen (secondary N) is 2. The number of likely N-dealkylation sites (N-methyl/N-ethyl adjacent to an activating group) is 1. The van der Waals surface area contributed by atoms with E-state index in [0.717, 1.165) is 0 Å². The molecule has 3 N–H and O–H groups in total. The lowest BCUT2D eigenvalue weighted by atomic mass is 10.1. The largest absolute Gasteiger partial charge is 0.444 e. The maximum Gasteiger partial charge on any atom is 0.407 e. The van der Waals surface area contributed by atoms with Crippen molar-refractivity contribution in [3.63, 3.8) is 0 Å². The van der Waals surface area contributed by atoms with Gasteiger partial charge in [-0.2, -0.15) is 0 Å². The van der Waals surface area contributed by atoms with E-state index in [1.807, 2.05) is 0 Å². The van der Waals surface area contributed by atoms with E-state index >= 15 is 0 Å². The predicted molar refractivity (Wildman–Crippen MR) is 83.0 cm³/mol. The lowest BCUT2D eigenvalue weighted by molar-refractivity contribution is -0.143. The zero-order valence-electron chi connectivity index (χ0n) is 14.5. The summed E-state index contributed by atoms with van der Waals surface area (Å²) in [6, 6.07) is -1.32. The van der Waals surface area contributed by atoms with Crippen LogP contribution in [0.2, 0.25) is 0 Å². The Balaban J connectivity index is 2.29. The van der Waals surface area contributed by atoms with Crippen LogP contribution >= 0.6 is 0 Å². The first-order chi connectivity index (χ1) is 11.2. The molecule has 0 unspecified atom stereocenters. The van der Waals surface area contributed by atoms with Crippen molar-refractivity contribution >= 4 is 18.0 Å². The fraction of sp³-hybridized carbons (Fsp3) is 0.786. The molecule has 0 aromatic heterocycles. The average molecular weight is 346 g/mol. The van der Waals surface area contributed by atoms with Gasteiger partial charge in [0.15, 0.2) is 0 Å². The number of carbonyl (C=O) groups is 3. The van der Waals surface area contributed by atoms with Gasteiger partial charge in [0.1, 0.15) is 11.6 Å². The maximum atomic E-state index is 12.1. The summed E-state index contributed by atoms with van der Waals surface area (Å²) in [7, 11) is 0. The number of hydrogen-bond donors (Lipinski definition) is 3. The van der Waals surface area contributed by atoms with Crippen molar-refractivity contribution < 1.29 is 29.2 Å². The molecule has 24 heavy (non-hydrogen) atoms. The molecule has 1 fully saturated rings. The Labute approximate surface area is 141 Å². The Morgan fingerprint density at radius 1 is 1.38 bits per heavy atom. The molecule has 0 aromatic carbocycles. The van der Waals surface area contributed by atoms with E-state index in [9.17, 15) is 19.6 Å². The van der Waals surface area contributed by atoms with E-state index in [1.54, 1.807) is 27.7 Å². The molecule has 1 saturated heterocycles. The minimum atomic E-state index is -0.704. The quantitative estimate of drug-likeness (QED) is 0.365. The van der Waals surface area contributed by atoms with Crippen LogP contribution in [0.3, 0.4) is 0 Å². The van der Waals surface area contributed by atoms with Crippen molar-refractivity contribution in [1.82, 2.24) is 20.8 Å². The van der Waals surface area contributed by atoms with Gasteiger partial charge < -0.3 is 15.0 Å². The normalized spacial score (nSPS) is 18.4. The predicted octanol–water partition coefficient (Wildman–Crippen LogP) is 0.464. The number of alkyl carbamates (subject to hydrolysis) is 1. The maximum absolute atomic E-state index is 12.1. The molecule has 4 amide bonds. The molecule has 0 saturated carbocycles. The van der Waals surface area contributed by atoms with Gasteiger partial charge >= 0.3 is 12.1 Å². The summed E-state index contributed by atoms with van der Waals surface area (Å²) in [4.78, 5) is 41.5. The van der Waals surface area contributed by atoms with Gasteiger partial charge in [0.2, 0.25) is 0 Å². The molecule has 1 rings (SSSR count). The van der Waals surface area contributed by atoms with E-state index in [4.69, 9.17) is 9.57 Å². The first kappa shape index (κ1) is 20.0. The summed E-state index contributed by atoms with van der Waals surface area (Å²) in [5.74, 6) is -0.476. The van der Waals surface area contributed by atoms with Gasteiger partial charge in [0.05, 0.1) is 13.2 Å². The monoisotopic (exact) mass is 346 g/mol. The van der Waals surface area contributed by atoms with Gasteiger partial charge in [-0.25, -0.2) is 20.1 Å². The first-order valence-electron chi connectivity index (χ1n) is 7.81. The van der Waals surface area contributed by atoms with Gasteiger partial charge in [-0.1, -0.05) is 0 Å². The van der Waals surface area contributed by atoms with Gasteiger partial charge in [0.25, 0.3) is 5.91 Å². The Hall–Kier alpha value is -2.07. The smallest absolute Gasteiger partial charge is 0.407 e. The van der Waals surface area contributed by atoms with Crippen molar-refractivity contribution in [3.8, 4) is 0 Å². The van der Waals surface area contributed by atoms with Crippen molar-refractivity contribution in [1.29, 1.82) is 0 Å². The zero-order chi connectivity index (χ0) is 18.3. The Morgan fingerprint density at radius 2 is 2.04 bits per heavy atom. The molecule has 0 bridgehead atoms. The molecule has 0 spiro atoms. The highest BCUT2D eigenvalue weighted by atomic mass is 16.7. The lowest BCUT2D eigenvalue weighted by Crippen LogP contribution is -2.58. The molecule has 1 aliphatic rings. The van der Waals surface area contributed by atoms with Crippen LogP contribution < -0.4 is 10.8 Å². The van der Waals surface area contributed by atoms with Gasteiger partial charge in [-0.15, -0.1) is 0 Å². The molecule has 0 radical (unpaired) electrons. The number of amides is 4. The fourth-order valence-corrected chi connectivity index (χ4v) is 2.11. The third-order valence-electron chi connectivity index (χ3n) is 3.15. The third kappa shape index (κ3) is 6.20. The van der Waals surface area contributed by atoms with Crippen molar-refractivity contribution in [3.05, 3.63) is 0 Å². The molecule has 0 aliphatic carbocycles. The second kappa shape index (κ2) is 8.69. The number of nitrogens with zero attached hydrogens (tertiary/aromatic N) is 2. The SMILES string of the molecule is CCN1C(=O)N(O)CC[C@H]1C(=O)NOCCNC(=O)OC(C)(C)C. The molecule has 138 valence electrons. The molecule has 1 heterocycles. The van der Waals surface area contributed by atoms with Gasteiger partial charge in [0, 0.05) is 13.1 Å².